The zero-order valence-corrected chi connectivity index (χ0v) is 19.5. The van der Waals surface area contributed by atoms with Crippen LogP contribution in [0.25, 0.3) is 11.1 Å². The van der Waals surface area contributed by atoms with Crippen LogP contribution in [0.2, 0.25) is 5.02 Å². The summed E-state index contributed by atoms with van der Waals surface area (Å²) in [6.45, 7) is 2.18. The number of benzene rings is 3. The summed E-state index contributed by atoms with van der Waals surface area (Å²) < 4.78 is 22.8. The Bertz CT molecular complexity index is 1080. The molecule has 0 aromatic heterocycles. The van der Waals surface area contributed by atoms with Gasteiger partial charge in [0.25, 0.3) is 0 Å². The lowest BCUT2D eigenvalue weighted by atomic mass is 9.89. The van der Waals surface area contributed by atoms with Crippen LogP contribution < -0.4 is 14.2 Å². The van der Waals surface area contributed by atoms with Gasteiger partial charge >= 0.3 is 0 Å². The SMILES string of the molecule is CC/C(=C(/c1ccc(Cl)cc1)C1OC1c1cc(OC)c(OC)c(OC)c1)c1ccccc1. The molecule has 0 amide bonds. The van der Waals surface area contributed by atoms with Crippen molar-refractivity contribution in [2.24, 2.45) is 0 Å². The third kappa shape index (κ3) is 4.34. The van der Waals surface area contributed by atoms with E-state index in [1.165, 1.54) is 16.7 Å². The predicted octanol–water partition coefficient (Wildman–Crippen LogP) is 6.83. The third-order valence-electron chi connectivity index (χ3n) is 5.75. The van der Waals surface area contributed by atoms with Gasteiger partial charge in [-0.25, -0.2) is 0 Å². The Hall–Kier alpha value is -2.95. The van der Waals surface area contributed by atoms with Gasteiger partial charge < -0.3 is 18.9 Å². The first-order valence-corrected chi connectivity index (χ1v) is 11.0. The summed E-state index contributed by atoms with van der Waals surface area (Å²) in [5.74, 6) is 1.81. The topological polar surface area (TPSA) is 40.2 Å². The van der Waals surface area contributed by atoms with Crippen LogP contribution in [0.1, 0.15) is 36.1 Å². The van der Waals surface area contributed by atoms with Crippen molar-refractivity contribution >= 4 is 22.7 Å². The molecule has 5 heteroatoms. The van der Waals surface area contributed by atoms with Crippen LogP contribution in [0.3, 0.4) is 0 Å². The third-order valence-corrected chi connectivity index (χ3v) is 6.00. The van der Waals surface area contributed by atoms with E-state index in [1.807, 2.05) is 30.3 Å². The van der Waals surface area contributed by atoms with Gasteiger partial charge in [-0.05, 0) is 58.5 Å². The fourth-order valence-electron chi connectivity index (χ4n) is 4.18. The Kier molecular flexibility index (Phi) is 6.73. The van der Waals surface area contributed by atoms with Crippen molar-refractivity contribution in [1.29, 1.82) is 0 Å². The van der Waals surface area contributed by atoms with Crippen molar-refractivity contribution in [3.8, 4) is 17.2 Å². The molecular weight excluding hydrogens is 424 g/mol. The Balaban J connectivity index is 1.80. The molecular formula is C27H27ClO4. The van der Waals surface area contributed by atoms with Crippen LogP contribution in [-0.2, 0) is 4.74 Å². The van der Waals surface area contributed by atoms with Crippen molar-refractivity contribution in [3.63, 3.8) is 0 Å². The van der Waals surface area contributed by atoms with Crippen molar-refractivity contribution < 1.29 is 18.9 Å². The smallest absolute Gasteiger partial charge is 0.203 e. The molecule has 2 atom stereocenters. The second-order valence-corrected chi connectivity index (χ2v) is 7.99. The van der Waals surface area contributed by atoms with Gasteiger partial charge in [0.05, 0.1) is 21.3 Å². The number of halogens is 1. The fourth-order valence-corrected chi connectivity index (χ4v) is 4.31. The first kappa shape index (κ1) is 22.3. The molecule has 0 aliphatic carbocycles. The molecule has 166 valence electrons. The van der Waals surface area contributed by atoms with Gasteiger partial charge in [0, 0.05) is 5.02 Å². The summed E-state index contributed by atoms with van der Waals surface area (Å²) >= 11 is 6.17. The quantitative estimate of drug-likeness (QED) is 0.278. The lowest BCUT2D eigenvalue weighted by Crippen LogP contribution is -2.01. The monoisotopic (exact) mass is 450 g/mol. The molecule has 1 fully saturated rings. The lowest BCUT2D eigenvalue weighted by molar-refractivity contribution is 0.322. The van der Waals surface area contributed by atoms with Crippen molar-refractivity contribution in [1.82, 2.24) is 0 Å². The minimum Gasteiger partial charge on any atom is -0.493 e. The molecule has 0 saturated carbocycles. The Morgan fingerprint density at radius 1 is 0.844 bits per heavy atom. The maximum atomic E-state index is 6.28. The van der Waals surface area contributed by atoms with E-state index >= 15 is 0 Å². The molecule has 1 aliphatic rings. The summed E-state index contributed by atoms with van der Waals surface area (Å²) in [6, 6.07) is 22.3. The minimum absolute atomic E-state index is 0.0888. The predicted molar refractivity (Wildman–Crippen MR) is 129 cm³/mol. The molecule has 0 spiro atoms. The second kappa shape index (κ2) is 9.68. The van der Waals surface area contributed by atoms with E-state index in [2.05, 4.69) is 43.3 Å². The average molecular weight is 451 g/mol. The first-order valence-electron chi connectivity index (χ1n) is 10.6. The summed E-state index contributed by atoms with van der Waals surface area (Å²) in [7, 11) is 4.84. The van der Waals surface area contributed by atoms with Crippen LogP contribution >= 0.6 is 11.6 Å². The Labute approximate surface area is 194 Å². The van der Waals surface area contributed by atoms with Crippen molar-refractivity contribution in [3.05, 3.63) is 88.4 Å². The normalized spacial score (nSPS) is 18.0. The van der Waals surface area contributed by atoms with E-state index < -0.39 is 0 Å². The Morgan fingerprint density at radius 3 is 2.00 bits per heavy atom. The number of epoxide rings is 1. The van der Waals surface area contributed by atoms with Crippen molar-refractivity contribution in [2.75, 3.05) is 21.3 Å². The zero-order chi connectivity index (χ0) is 22.7. The summed E-state index contributed by atoms with van der Waals surface area (Å²) in [6.07, 6.45) is 0.679. The van der Waals surface area contributed by atoms with E-state index in [9.17, 15) is 0 Å². The standard InChI is InChI=1S/C27H27ClO4/c1-5-21(17-9-7-6-8-10-17)24(18-11-13-20(28)14-12-18)27-25(32-27)19-15-22(29-2)26(31-4)23(16-19)30-3/h6-16,25,27H,5H2,1-4H3/b24-21+. The Morgan fingerprint density at radius 2 is 1.47 bits per heavy atom. The molecule has 1 saturated heterocycles. The average Bonchev–Trinajstić information content (AvgIpc) is 3.63. The van der Waals surface area contributed by atoms with E-state index in [-0.39, 0.29) is 12.2 Å². The van der Waals surface area contributed by atoms with Gasteiger partial charge in [0.2, 0.25) is 5.75 Å². The van der Waals surface area contributed by atoms with Gasteiger partial charge in [-0.1, -0.05) is 61.0 Å². The number of hydrogen-bond acceptors (Lipinski definition) is 4. The highest BCUT2D eigenvalue weighted by atomic mass is 35.5. The summed E-state index contributed by atoms with van der Waals surface area (Å²) in [4.78, 5) is 0. The second-order valence-electron chi connectivity index (χ2n) is 7.55. The molecule has 0 radical (unpaired) electrons. The van der Waals surface area contributed by atoms with Crippen LogP contribution in [0.5, 0.6) is 17.2 Å². The fraction of sp³-hybridized carbons (Fsp3) is 0.259. The highest BCUT2D eigenvalue weighted by molar-refractivity contribution is 6.30. The van der Waals surface area contributed by atoms with E-state index in [0.29, 0.717) is 22.3 Å². The van der Waals surface area contributed by atoms with E-state index in [1.54, 1.807) is 21.3 Å². The highest BCUT2D eigenvalue weighted by Gasteiger charge is 2.45. The molecule has 32 heavy (non-hydrogen) atoms. The van der Waals surface area contributed by atoms with E-state index in [4.69, 9.17) is 30.5 Å². The lowest BCUT2D eigenvalue weighted by Gasteiger charge is -2.15. The maximum Gasteiger partial charge on any atom is 0.203 e. The first-order chi connectivity index (χ1) is 15.6. The van der Waals surface area contributed by atoms with Crippen LogP contribution in [0, 0.1) is 0 Å². The van der Waals surface area contributed by atoms with Gasteiger partial charge in [0.15, 0.2) is 11.5 Å². The number of rotatable bonds is 8. The number of allylic oxidation sites excluding steroid dienone is 1. The molecule has 0 bridgehead atoms. The number of hydrogen-bond donors (Lipinski definition) is 0. The van der Waals surface area contributed by atoms with Crippen LogP contribution in [0.15, 0.2) is 66.7 Å². The highest BCUT2D eigenvalue weighted by Crippen LogP contribution is 2.52. The summed E-state index contributed by atoms with van der Waals surface area (Å²) in [5.41, 5.74) is 5.72. The maximum absolute atomic E-state index is 6.28. The number of methoxy groups -OCH3 is 3. The van der Waals surface area contributed by atoms with Gasteiger partial charge in [-0.2, -0.15) is 0 Å². The zero-order valence-electron chi connectivity index (χ0n) is 18.7. The molecule has 0 N–H and O–H groups in total. The van der Waals surface area contributed by atoms with Gasteiger partial charge in [0.1, 0.15) is 12.2 Å². The largest absolute Gasteiger partial charge is 0.493 e. The van der Waals surface area contributed by atoms with Crippen molar-refractivity contribution in [2.45, 2.75) is 25.6 Å². The van der Waals surface area contributed by atoms with E-state index in [0.717, 1.165) is 17.5 Å². The van der Waals surface area contributed by atoms with Crippen LogP contribution in [-0.4, -0.2) is 27.4 Å². The van der Waals surface area contributed by atoms with Gasteiger partial charge in [-0.3, -0.25) is 0 Å². The molecule has 1 aliphatic heterocycles. The molecule has 3 aromatic carbocycles. The molecule has 4 rings (SSSR count). The molecule has 1 heterocycles. The number of ether oxygens (including phenoxy) is 4. The molecule has 3 aromatic rings. The van der Waals surface area contributed by atoms with Gasteiger partial charge in [-0.15, -0.1) is 0 Å². The minimum atomic E-state index is -0.111. The summed E-state index contributed by atoms with van der Waals surface area (Å²) in [5, 5.41) is 0.712. The molecule has 4 nitrogen and oxygen atoms in total. The molecule has 2 unspecified atom stereocenters. The van der Waals surface area contributed by atoms with Crippen LogP contribution in [0.4, 0.5) is 0 Å².